The second-order valence-corrected chi connectivity index (χ2v) is 3.40. The van der Waals surface area contributed by atoms with Crippen LogP contribution in [0, 0.1) is 0 Å². The molecule has 0 aromatic heterocycles. The fraction of sp³-hybridized carbons (Fsp3) is 0.333. The van der Waals surface area contributed by atoms with Crippen LogP contribution in [0.15, 0.2) is 24.3 Å². The lowest BCUT2D eigenvalue weighted by molar-refractivity contribution is -0.144. The number of benzene rings is 1. The molecular weight excluding hydrogens is 222 g/mol. The molecule has 0 spiro atoms. The number of aromatic hydroxyl groups is 1. The van der Waals surface area contributed by atoms with Gasteiger partial charge in [0.1, 0.15) is 5.75 Å². The number of esters is 1. The molecule has 0 saturated heterocycles. The van der Waals surface area contributed by atoms with Crippen LogP contribution in [0.3, 0.4) is 0 Å². The Balaban J connectivity index is 2.37. The summed E-state index contributed by atoms with van der Waals surface area (Å²) < 4.78 is 4.70. The lowest BCUT2D eigenvalue weighted by atomic mass is 10.2. The van der Waals surface area contributed by atoms with E-state index in [-0.39, 0.29) is 24.5 Å². The molecule has 5 heteroatoms. The third-order valence-electron chi connectivity index (χ3n) is 1.99. The first-order valence-electron chi connectivity index (χ1n) is 5.36. The van der Waals surface area contributed by atoms with E-state index < -0.39 is 5.97 Å². The number of amides is 1. The summed E-state index contributed by atoms with van der Waals surface area (Å²) in [6, 6.07) is 6.22. The van der Waals surface area contributed by atoms with Gasteiger partial charge in [-0.05, 0) is 19.1 Å². The Morgan fingerprint density at radius 2 is 2.12 bits per heavy atom. The van der Waals surface area contributed by atoms with E-state index in [0.29, 0.717) is 12.3 Å². The van der Waals surface area contributed by atoms with Crippen LogP contribution in [0.1, 0.15) is 19.8 Å². The molecule has 92 valence electrons. The molecule has 0 heterocycles. The number of ether oxygens (including phenoxy) is 1. The van der Waals surface area contributed by atoms with Crippen LogP contribution in [0.2, 0.25) is 0 Å². The number of phenols is 1. The first-order valence-corrected chi connectivity index (χ1v) is 5.36. The van der Waals surface area contributed by atoms with Crippen LogP contribution in [0.5, 0.6) is 5.75 Å². The van der Waals surface area contributed by atoms with Crippen LogP contribution >= 0.6 is 0 Å². The molecule has 0 aliphatic heterocycles. The average Bonchev–Trinajstić information content (AvgIpc) is 2.27. The molecule has 0 fully saturated rings. The van der Waals surface area contributed by atoms with Gasteiger partial charge >= 0.3 is 5.97 Å². The topological polar surface area (TPSA) is 75.6 Å². The summed E-state index contributed by atoms with van der Waals surface area (Å²) in [7, 11) is 0. The molecule has 1 amide bonds. The summed E-state index contributed by atoms with van der Waals surface area (Å²) in [4.78, 5) is 22.4. The third kappa shape index (κ3) is 5.01. The van der Waals surface area contributed by atoms with Crippen molar-refractivity contribution in [3.8, 4) is 5.75 Å². The highest BCUT2D eigenvalue weighted by molar-refractivity contribution is 5.92. The monoisotopic (exact) mass is 237 g/mol. The van der Waals surface area contributed by atoms with Crippen molar-refractivity contribution in [1.29, 1.82) is 0 Å². The molecule has 2 N–H and O–H groups in total. The minimum Gasteiger partial charge on any atom is -0.508 e. The Kier molecular flexibility index (Phi) is 5.00. The Bertz CT molecular complexity index is 403. The lowest BCUT2D eigenvalue weighted by Gasteiger charge is -2.05. The number of carbonyl (C=O) groups is 2. The van der Waals surface area contributed by atoms with Gasteiger partial charge in [0, 0.05) is 18.2 Å². The van der Waals surface area contributed by atoms with E-state index in [9.17, 15) is 14.7 Å². The van der Waals surface area contributed by atoms with Gasteiger partial charge in [0.25, 0.3) is 0 Å². The van der Waals surface area contributed by atoms with Gasteiger partial charge in [-0.2, -0.15) is 0 Å². The van der Waals surface area contributed by atoms with Crippen molar-refractivity contribution in [1.82, 2.24) is 0 Å². The van der Waals surface area contributed by atoms with Crippen molar-refractivity contribution >= 4 is 17.6 Å². The third-order valence-corrected chi connectivity index (χ3v) is 1.99. The zero-order chi connectivity index (χ0) is 12.7. The molecule has 1 rings (SSSR count). The summed E-state index contributed by atoms with van der Waals surface area (Å²) in [5.74, 6) is -0.601. The minimum absolute atomic E-state index is 0.0541. The molecule has 0 unspecified atom stereocenters. The molecule has 0 aliphatic rings. The second-order valence-electron chi connectivity index (χ2n) is 3.40. The first-order chi connectivity index (χ1) is 8.11. The number of hydrogen-bond acceptors (Lipinski definition) is 4. The van der Waals surface area contributed by atoms with E-state index >= 15 is 0 Å². The van der Waals surface area contributed by atoms with E-state index in [1.165, 1.54) is 12.1 Å². The van der Waals surface area contributed by atoms with Gasteiger partial charge in [-0.25, -0.2) is 0 Å². The molecule has 0 atom stereocenters. The maximum absolute atomic E-state index is 11.4. The van der Waals surface area contributed by atoms with Crippen molar-refractivity contribution in [2.75, 3.05) is 11.9 Å². The van der Waals surface area contributed by atoms with Crippen molar-refractivity contribution in [3.63, 3.8) is 0 Å². The summed E-state index contributed by atoms with van der Waals surface area (Å²) in [5, 5.41) is 11.8. The average molecular weight is 237 g/mol. The van der Waals surface area contributed by atoms with Crippen molar-refractivity contribution in [3.05, 3.63) is 24.3 Å². The Labute approximate surface area is 99.4 Å². The highest BCUT2D eigenvalue weighted by Crippen LogP contribution is 2.15. The number of phenolic OH excluding ortho intramolecular Hbond substituents is 1. The number of carbonyl (C=O) groups excluding carboxylic acids is 2. The van der Waals surface area contributed by atoms with Crippen molar-refractivity contribution in [2.45, 2.75) is 19.8 Å². The van der Waals surface area contributed by atoms with Crippen LogP contribution in [-0.4, -0.2) is 23.6 Å². The summed E-state index contributed by atoms with van der Waals surface area (Å²) in [6.45, 7) is 2.03. The Morgan fingerprint density at radius 3 is 2.76 bits per heavy atom. The molecule has 1 aromatic rings. The Hall–Kier alpha value is -2.04. The van der Waals surface area contributed by atoms with Gasteiger partial charge in [0.2, 0.25) is 5.91 Å². The van der Waals surface area contributed by atoms with E-state index in [2.05, 4.69) is 5.32 Å². The van der Waals surface area contributed by atoms with Gasteiger partial charge in [-0.3, -0.25) is 9.59 Å². The summed E-state index contributed by atoms with van der Waals surface area (Å²) in [6.07, 6.45) is 0.118. The predicted octanol–water partition coefficient (Wildman–Crippen LogP) is 1.67. The second kappa shape index (κ2) is 6.52. The minimum atomic E-state index is -0.390. The lowest BCUT2D eigenvalue weighted by Crippen LogP contribution is -2.14. The Morgan fingerprint density at radius 1 is 1.35 bits per heavy atom. The first kappa shape index (κ1) is 13.0. The molecule has 0 radical (unpaired) electrons. The number of rotatable bonds is 5. The zero-order valence-corrected chi connectivity index (χ0v) is 9.60. The fourth-order valence-electron chi connectivity index (χ4n) is 1.26. The summed E-state index contributed by atoms with van der Waals surface area (Å²) in [5.41, 5.74) is 0.499. The molecular formula is C12H15NO4. The van der Waals surface area contributed by atoms with Crippen molar-refractivity contribution in [2.24, 2.45) is 0 Å². The van der Waals surface area contributed by atoms with E-state index in [4.69, 9.17) is 4.74 Å². The molecule has 5 nitrogen and oxygen atoms in total. The van der Waals surface area contributed by atoms with Crippen molar-refractivity contribution < 1.29 is 19.4 Å². The maximum Gasteiger partial charge on any atom is 0.306 e. The quantitative estimate of drug-likeness (QED) is 0.764. The molecule has 17 heavy (non-hydrogen) atoms. The van der Waals surface area contributed by atoms with Crippen LogP contribution in [0.25, 0.3) is 0 Å². The highest BCUT2D eigenvalue weighted by atomic mass is 16.5. The van der Waals surface area contributed by atoms with Gasteiger partial charge < -0.3 is 15.2 Å². The van der Waals surface area contributed by atoms with Gasteiger partial charge in [0.05, 0.1) is 13.0 Å². The van der Waals surface area contributed by atoms with Crippen LogP contribution in [-0.2, 0) is 14.3 Å². The number of nitrogens with one attached hydrogen (secondary N) is 1. The van der Waals surface area contributed by atoms with E-state index in [0.717, 1.165) is 0 Å². The van der Waals surface area contributed by atoms with E-state index in [1.807, 2.05) is 0 Å². The fourth-order valence-corrected chi connectivity index (χ4v) is 1.26. The van der Waals surface area contributed by atoms with E-state index in [1.54, 1.807) is 19.1 Å². The van der Waals surface area contributed by atoms with Crippen LogP contribution < -0.4 is 5.32 Å². The molecule has 1 aromatic carbocycles. The van der Waals surface area contributed by atoms with Gasteiger partial charge in [-0.15, -0.1) is 0 Å². The smallest absolute Gasteiger partial charge is 0.306 e. The zero-order valence-electron chi connectivity index (χ0n) is 9.60. The molecule has 0 bridgehead atoms. The predicted molar refractivity (Wildman–Crippen MR) is 62.6 cm³/mol. The van der Waals surface area contributed by atoms with Gasteiger partial charge in [0.15, 0.2) is 0 Å². The molecule has 0 aliphatic carbocycles. The SMILES string of the molecule is CCOC(=O)CCC(=O)Nc1cccc(O)c1. The molecule has 0 saturated carbocycles. The number of hydrogen-bond donors (Lipinski definition) is 2. The highest BCUT2D eigenvalue weighted by Gasteiger charge is 2.07. The number of anilines is 1. The van der Waals surface area contributed by atoms with Crippen LogP contribution in [0.4, 0.5) is 5.69 Å². The normalized spacial score (nSPS) is 9.71. The maximum atomic E-state index is 11.4. The largest absolute Gasteiger partial charge is 0.508 e. The van der Waals surface area contributed by atoms with Gasteiger partial charge in [-0.1, -0.05) is 6.07 Å². The summed E-state index contributed by atoms with van der Waals surface area (Å²) >= 11 is 0. The standard InChI is InChI=1S/C12H15NO4/c1-2-17-12(16)7-6-11(15)13-9-4-3-5-10(14)8-9/h3-5,8,14H,2,6-7H2,1H3,(H,13,15).